The maximum absolute atomic E-state index is 12.6. The Morgan fingerprint density at radius 2 is 1.92 bits per heavy atom. The van der Waals surface area contributed by atoms with Crippen molar-refractivity contribution < 1.29 is 14.3 Å². The van der Waals surface area contributed by atoms with Crippen molar-refractivity contribution in [3.05, 3.63) is 33.8 Å². The molecule has 1 aromatic carbocycles. The van der Waals surface area contributed by atoms with Gasteiger partial charge in [0.25, 0.3) is 0 Å². The van der Waals surface area contributed by atoms with Gasteiger partial charge in [-0.2, -0.15) is 0 Å². The van der Waals surface area contributed by atoms with Gasteiger partial charge in [0.05, 0.1) is 24.6 Å². The van der Waals surface area contributed by atoms with Crippen LogP contribution in [-0.2, 0) is 14.3 Å². The van der Waals surface area contributed by atoms with Crippen LogP contribution in [0.15, 0.2) is 18.2 Å². The first-order valence-corrected chi connectivity index (χ1v) is 9.75. The molecular formula is C19H26Cl2N2O3. The molecule has 0 saturated carbocycles. The number of benzene rings is 1. The molecule has 1 fully saturated rings. The lowest BCUT2D eigenvalue weighted by molar-refractivity contribution is -0.149. The molecule has 0 aliphatic carbocycles. The summed E-state index contributed by atoms with van der Waals surface area (Å²) in [7, 11) is 0. The Bertz CT molecular complexity index is 646. The second-order valence-electron chi connectivity index (χ2n) is 6.63. The van der Waals surface area contributed by atoms with Crippen LogP contribution in [0.4, 0.5) is 0 Å². The highest BCUT2D eigenvalue weighted by atomic mass is 35.5. The fraction of sp³-hybridized carbons (Fsp3) is 0.579. The number of carbonyl (C=O) groups excluding carboxylic acids is 2. The van der Waals surface area contributed by atoms with E-state index in [9.17, 15) is 9.59 Å². The zero-order chi connectivity index (χ0) is 19.3. The molecule has 0 bridgehead atoms. The van der Waals surface area contributed by atoms with Gasteiger partial charge in [-0.3, -0.25) is 14.5 Å². The minimum atomic E-state index is -0.272. The van der Waals surface area contributed by atoms with Gasteiger partial charge in [0, 0.05) is 10.0 Å². The van der Waals surface area contributed by atoms with E-state index in [0.717, 1.165) is 18.4 Å². The molecule has 1 N–H and O–H groups in total. The molecule has 1 saturated heterocycles. The van der Waals surface area contributed by atoms with Crippen molar-refractivity contribution in [3.63, 3.8) is 0 Å². The Morgan fingerprint density at radius 1 is 1.27 bits per heavy atom. The quantitative estimate of drug-likeness (QED) is 0.736. The van der Waals surface area contributed by atoms with Gasteiger partial charge < -0.3 is 10.1 Å². The van der Waals surface area contributed by atoms with E-state index < -0.39 is 0 Å². The summed E-state index contributed by atoms with van der Waals surface area (Å²) in [5, 5.41) is 4.11. The van der Waals surface area contributed by atoms with Crippen LogP contribution in [0.2, 0.25) is 10.0 Å². The number of amides is 1. The molecule has 2 atom stereocenters. The van der Waals surface area contributed by atoms with E-state index in [0.29, 0.717) is 29.7 Å². The minimum absolute atomic E-state index is 0.0573. The molecule has 1 aliphatic rings. The predicted molar refractivity (Wildman–Crippen MR) is 103 cm³/mol. The first-order valence-electron chi connectivity index (χ1n) is 8.99. The van der Waals surface area contributed by atoms with Crippen molar-refractivity contribution in [2.24, 2.45) is 5.92 Å². The highest BCUT2D eigenvalue weighted by Crippen LogP contribution is 2.26. The number of rotatable bonds is 6. The van der Waals surface area contributed by atoms with Crippen LogP contribution in [-0.4, -0.2) is 42.5 Å². The average molecular weight is 401 g/mol. The second kappa shape index (κ2) is 9.58. The topological polar surface area (TPSA) is 58.6 Å². The summed E-state index contributed by atoms with van der Waals surface area (Å²) in [6, 6.07) is 4.77. The number of nitrogens with one attached hydrogen (secondary N) is 1. The van der Waals surface area contributed by atoms with Gasteiger partial charge in [-0.15, -0.1) is 0 Å². The van der Waals surface area contributed by atoms with Crippen LogP contribution in [0.25, 0.3) is 0 Å². The molecule has 1 aromatic rings. The summed E-state index contributed by atoms with van der Waals surface area (Å²) in [5.74, 6) is -0.249. The Labute approximate surface area is 165 Å². The van der Waals surface area contributed by atoms with Gasteiger partial charge in [0.1, 0.15) is 0 Å². The third-order valence-electron chi connectivity index (χ3n) is 4.86. The highest BCUT2D eigenvalue weighted by Gasteiger charge is 2.30. The Kier molecular flexibility index (Phi) is 7.74. The van der Waals surface area contributed by atoms with E-state index in [2.05, 4.69) is 10.2 Å². The van der Waals surface area contributed by atoms with E-state index >= 15 is 0 Å². The monoisotopic (exact) mass is 400 g/mol. The van der Waals surface area contributed by atoms with Crippen molar-refractivity contribution in [3.8, 4) is 0 Å². The van der Waals surface area contributed by atoms with E-state index in [1.807, 2.05) is 26.8 Å². The van der Waals surface area contributed by atoms with E-state index in [-0.39, 0.29) is 29.9 Å². The van der Waals surface area contributed by atoms with Crippen LogP contribution in [0, 0.1) is 5.92 Å². The summed E-state index contributed by atoms with van der Waals surface area (Å²) in [5.41, 5.74) is 0.831. The van der Waals surface area contributed by atoms with Gasteiger partial charge in [0.2, 0.25) is 5.91 Å². The van der Waals surface area contributed by atoms with Crippen LogP contribution in [0.5, 0.6) is 0 Å². The molecule has 26 heavy (non-hydrogen) atoms. The standard InChI is InChI=1S/C19H26Cl2N2O3/c1-4-26-19(25)14-7-9-23(10-8-14)13(3)18(24)22-12(2)16-6-5-15(20)11-17(16)21/h5-6,11-14H,4,7-10H2,1-3H3,(H,22,24). The third-order valence-corrected chi connectivity index (χ3v) is 5.43. The lowest BCUT2D eigenvalue weighted by atomic mass is 9.96. The van der Waals surface area contributed by atoms with Gasteiger partial charge in [-0.05, 0) is 64.4 Å². The van der Waals surface area contributed by atoms with Crippen molar-refractivity contribution in [1.82, 2.24) is 10.2 Å². The molecule has 2 unspecified atom stereocenters. The highest BCUT2D eigenvalue weighted by molar-refractivity contribution is 6.35. The normalized spacial score (nSPS) is 18.2. The molecule has 1 heterocycles. The maximum Gasteiger partial charge on any atom is 0.309 e. The molecule has 2 rings (SSSR count). The Morgan fingerprint density at radius 3 is 2.50 bits per heavy atom. The zero-order valence-corrected chi connectivity index (χ0v) is 16.9. The number of esters is 1. The van der Waals surface area contributed by atoms with Crippen molar-refractivity contribution in [2.75, 3.05) is 19.7 Å². The fourth-order valence-corrected chi connectivity index (χ4v) is 3.78. The van der Waals surface area contributed by atoms with Crippen LogP contribution >= 0.6 is 23.2 Å². The van der Waals surface area contributed by atoms with E-state index in [1.165, 1.54) is 0 Å². The molecule has 1 aliphatic heterocycles. The van der Waals surface area contributed by atoms with Gasteiger partial charge in [-0.1, -0.05) is 29.3 Å². The van der Waals surface area contributed by atoms with Crippen molar-refractivity contribution in [1.29, 1.82) is 0 Å². The molecular weight excluding hydrogens is 375 g/mol. The Hall–Kier alpha value is -1.30. The van der Waals surface area contributed by atoms with Crippen LogP contribution in [0.1, 0.15) is 45.2 Å². The van der Waals surface area contributed by atoms with Crippen molar-refractivity contribution in [2.45, 2.75) is 45.7 Å². The average Bonchev–Trinajstić information content (AvgIpc) is 2.61. The lowest BCUT2D eigenvalue weighted by Gasteiger charge is -2.34. The minimum Gasteiger partial charge on any atom is -0.466 e. The zero-order valence-electron chi connectivity index (χ0n) is 15.4. The lowest BCUT2D eigenvalue weighted by Crippen LogP contribution is -2.49. The maximum atomic E-state index is 12.6. The molecule has 0 aromatic heterocycles. The number of carbonyl (C=O) groups is 2. The first-order chi connectivity index (χ1) is 12.3. The molecule has 0 radical (unpaired) electrons. The second-order valence-corrected chi connectivity index (χ2v) is 7.48. The van der Waals surface area contributed by atoms with Gasteiger partial charge in [-0.25, -0.2) is 0 Å². The van der Waals surface area contributed by atoms with Gasteiger partial charge in [0.15, 0.2) is 0 Å². The van der Waals surface area contributed by atoms with E-state index in [4.69, 9.17) is 27.9 Å². The SMILES string of the molecule is CCOC(=O)C1CCN(C(C)C(=O)NC(C)c2ccc(Cl)cc2Cl)CC1. The molecule has 7 heteroatoms. The van der Waals surface area contributed by atoms with Crippen molar-refractivity contribution >= 4 is 35.1 Å². The summed E-state index contributed by atoms with van der Waals surface area (Å²) in [6.45, 7) is 7.40. The molecule has 5 nitrogen and oxygen atoms in total. The summed E-state index contributed by atoms with van der Waals surface area (Å²) < 4.78 is 5.09. The number of hydrogen-bond donors (Lipinski definition) is 1. The third kappa shape index (κ3) is 5.35. The Balaban J connectivity index is 1.88. The smallest absolute Gasteiger partial charge is 0.309 e. The van der Waals surface area contributed by atoms with E-state index in [1.54, 1.807) is 12.1 Å². The predicted octanol–water partition coefficient (Wildman–Crippen LogP) is 3.83. The number of halogens is 2. The first kappa shape index (κ1) is 21.0. The number of ether oxygens (including phenoxy) is 1. The largest absolute Gasteiger partial charge is 0.466 e. The van der Waals surface area contributed by atoms with Crippen LogP contribution in [0.3, 0.4) is 0 Å². The molecule has 0 spiro atoms. The van der Waals surface area contributed by atoms with Gasteiger partial charge >= 0.3 is 5.97 Å². The molecule has 1 amide bonds. The summed E-state index contributed by atoms with van der Waals surface area (Å²) >= 11 is 12.1. The number of piperidine rings is 1. The fourth-order valence-electron chi connectivity index (χ4n) is 3.21. The summed E-state index contributed by atoms with van der Waals surface area (Å²) in [6.07, 6.45) is 1.43. The molecule has 144 valence electrons. The summed E-state index contributed by atoms with van der Waals surface area (Å²) in [4.78, 5) is 26.5. The number of hydrogen-bond acceptors (Lipinski definition) is 4. The van der Waals surface area contributed by atoms with Crippen LogP contribution < -0.4 is 5.32 Å². The number of likely N-dealkylation sites (tertiary alicyclic amines) is 1. The number of nitrogens with zero attached hydrogens (tertiary/aromatic N) is 1.